The first kappa shape index (κ1) is 15.9. The molecule has 0 radical (unpaired) electrons. The Labute approximate surface area is 132 Å². The number of pyridine rings is 1. The Kier molecular flexibility index (Phi) is 4.61. The number of methoxy groups -OCH3 is 1. The van der Waals surface area contributed by atoms with Crippen molar-refractivity contribution in [3.8, 4) is 5.75 Å². The molecule has 112 valence electrons. The van der Waals surface area contributed by atoms with E-state index in [0.29, 0.717) is 11.4 Å². The van der Waals surface area contributed by atoms with Gasteiger partial charge < -0.3 is 4.74 Å². The average molecular weight is 347 g/mol. The van der Waals surface area contributed by atoms with E-state index in [1.165, 1.54) is 13.2 Å². The summed E-state index contributed by atoms with van der Waals surface area (Å²) >= 11 is 11.5. The molecule has 0 unspecified atom stereocenters. The number of hydrogen-bond acceptors (Lipinski definition) is 4. The summed E-state index contributed by atoms with van der Waals surface area (Å²) in [7, 11) is -2.38. The summed E-state index contributed by atoms with van der Waals surface area (Å²) in [5.74, 6) is 0.414. The van der Waals surface area contributed by atoms with Gasteiger partial charge in [0.1, 0.15) is 15.8 Å². The van der Waals surface area contributed by atoms with Gasteiger partial charge in [0.2, 0.25) is 0 Å². The molecule has 2 aromatic rings. The molecule has 1 heterocycles. The third kappa shape index (κ3) is 3.58. The van der Waals surface area contributed by atoms with Crippen LogP contribution in [0.2, 0.25) is 10.2 Å². The van der Waals surface area contributed by atoms with Crippen LogP contribution in [-0.4, -0.2) is 20.5 Å². The number of anilines is 1. The van der Waals surface area contributed by atoms with Gasteiger partial charge in [-0.25, -0.2) is 13.4 Å². The molecule has 0 saturated heterocycles. The number of aryl methyl sites for hydroxylation is 1. The van der Waals surface area contributed by atoms with E-state index in [-0.39, 0.29) is 15.1 Å². The van der Waals surface area contributed by atoms with Gasteiger partial charge in [-0.2, -0.15) is 0 Å². The molecule has 21 heavy (non-hydrogen) atoms. The maximum absolute atomic E-state index is 12.3. The van der Waals surface area contributed by atoms with Gasteiger partial charge in [-0.15, -0.1) is 0 Å². The monoisotopic (exact) mass is 346 g/mol. The first-order valence-electron chi connectivity index (χ1n) is 5.82. The predicted octanol–water partition coefficient (Wildman–Crippen LogP) is 3.51. The maximum atomic E-state index is 12.3. The topological polar surface area (TPSA) is 68.3 Å². The molecule has 0 saturated carbocycles. The van der Waals surface area contributed by atoms with E-state index in [4.69, 9.17) is 27.9 Å². The van der Waals surface area contributed by atoms with Crippen LogP contribution < -0.4 is 9.46 Å². The molecule has 0 spiro atoms. The highest BCUT2D eigenvalue weighted by molar-refractivity contribution is 7.92. The van der Waals surface area contributed by atoms with Crippen molar-refractivity contribution >= 4 is 38.9 Å². The SMILES string of the molecule is COc1ccc(C)cc1NS(=O)(=O)c1cnc(Cl)c(Cl)c1. The van der Waals surface area contributed by atoms with Crippen LogP contribution in [0.3, 0.4) is 0 Å². The van der Waals surface area contributed by atoms with Gasteiger partial charge in [0.15, 0.2) is 0 Å². The number of nitrogens with one attached hydrogen (secondary N) is 1. The molecule has 2 rings (SSSR count). The first-order valence-corrected chi connectivity index (χ1v) is 8.06. The Morgan fingerprint density at radius 2 is 1.95 bits per heavy atom. The number of hydrogen-bond donors (Lipinski definition) is 1. The smallest absolute Gasteiger partial charge is 0.263 e. The number of sulfonamides is 1. The van der Waals surface area contributed by atoms with Crippen LogP contribution in [0.15, 0.2) is 35.4 Å². The first-order chi connectivity index (χ1) is 9.83. The van der Waals surface area contributed by atoms with Crippen molar-refractivity contribution in [3.63, 3.8) is 0 Å². The molecule has 0 amide bonds. The van der Waals surface area contributed by atoms with Gasteiger partial charge >= 0.3 is 0 Å². The van der Waals surface area contributed by atoms with Crippen LogP contribution in [0.1, 0.15) is 5.56 Å². The molecule has 0 aliphatic heterocycles. The lowest BCUT2D eigenvalue weighted by atomic mass is 10.2. The van der Waals surface area contributed by atoms with Gasteiger partial charge in [-0.1, -0.05) is 29.3 Å². The lowest BCUT2D eigenvalue weighted by molar-refractivity contribution is 0.417. The highest BCUT2D eigenvalue weighted by atomic mass is 35.5. The summed E-state index contributed by atoms with van der Waals surface area (Å²) in [5.41, 5.74) is 1.23. The lowest BCUT2D eigenvalue weighted by Crippen LogP contribution is -2.14. The highest BCUT2D eigenvalue weighted by Gasteiger charge is 2.18. The fraction of sp³-hybridized carbons (Fsp3) is 0.154. The van der Waals surface area contributed by atoms with E-state index in [9.17, 15) is 8.42 Å². The van der Waals surface area contributed by atoms with Crippen molar-refractivity contribution in [2.24, 2.45) is 0 Å². The van der Waals surface area contributed by atoms with Crippen LogP contribution in [0.5, 0.6) is 5.75 Å². The molecule has 1 N–H and O–H groups in total. The molecule has 1 aromatic carbocycles. The van der Waals surface area contributed by atoms with E-state index < -0.39 is 10.0 Å². The molecule has 0 aliphatic carbocycles. The number of ether oxygens (including phenoxy) is 1. The minimum atomic E-state index is -3.84. The predicted molar refractivity (Wildman–Crippen MR) is 82.8 cm³/mol. The lowest BCUT2D eigenvalue weighted by Gasteiger charge is -2.12. The van der Waals surface area contributed by atoms with Crippen LogP contribution in [-0.2, 0) is 10.0 Å². The zero-order valence-corrected chi connectivity index (χ0v) is 13.6. The highest BCUT2D eigenvalue weighted by Crippen LogP contribution is 2.29. The van der Waals surface area contributed by atoms with Gasteiger partial charge in [-0.05, 0) is 30.7 Å². The van der Waals surface area contributed by atoms with E-state index >= 15 is 0 Å². The summed E-state index contributed by atoms with van der Waals surface area (Å²) in [6.07, 6.45) is 1.14. The molecule has 0 bridgehead atoms. The van der Waals surface area contributed by atoms with Crippen molar-refractivity contribution in [1.29, 1.82) is 0 Å². The molecular weight excluding hydrogens is 335 g/mol. The van der Waals surface area contributed by atoms with E-state index in [0.717, 1.165) is 11.8 Å². The Balaban J connectivity index is 2.41. The minimum absolute atomic E-state index is 0.0451. The minimum Gasteiger partial charge on any atom is -0.495 e. The summed E-state index contributed by atoms with van der Waals surface area (Å²) in [6, 6.07) is 6.40. The second kappa shape index (κ2) is 6.09. The zero-order valence-electron chi connectivity index (χ0n) is 11.2. The molecular formula is C13H12Cl2N2O3S. The standard InChI is InChI=1S/C13H12Cl2N2O3S/c1-8-3-4-12(20-2)11(5-8)17-21(18,19)9-6-10(14)13(15)16-7-9/h3-7,17H,1-2H3. The summed E-state index contributed by atoms with van der Waals surface area (Å²) in [6.45, 7) is 1.85. The van der Waals surface area contributed by atoms with Gasteiger partial charge in [0.25, 0.3) is 10.0 Å². The molecule has 5 nitrogen and oxygen atoms in total. The molecule has 8 heteroatoms. The molecule has 1 aromatic heterocycles. The normalized spacial score (nSPS) is 11.2. The number of benzene rings is 1. The molecule has 0 aliphatic rings. The maximum Gasteiger partial charge on any atom is 0.263 e. The second-order valence-electron chi connectivity index (χ2n) is 4.25. The third-order valence-electron chi connectivity index (χ3n) is 2.68. The van der Waals surface area contributed by atoms with Crippen molar-refractivity contribution < 1.29 is 13.2 Å². The quantitative estimate of drug-likeness (QED) is 0.860. The zero-order chi connectivity index (χ0) is 15.6. The van der Waals surface area contributed by atoms with Gasteiger partial charge in [0, 0.05) is 6.20 Å². The van der Waals surface area contributed by atoms with Crippen LogP contribution >= 0.6 is 23.2 Å². The number of halogens is 2. The van der Waals surface area contributed by atoms with E-state index in [1.54, 1.807) is 12.1 Å². The van der Waals surface area contributed by atoms with Crippen molar-refractivity contribution in [1.82, 2.24) is 4.98 Å². The van der Waals surface area contributed by atoms with Crippen molar-refractivity contribution in [2.75, 3.05) is 11.8 Å². The van der Waals surface area contributed by atoms with Gasteiger partial charge in [0.05, 0.1) is 17.8 Å². The Morgan fingerprint density at radius 1 is 1.24 bits per heavy atom. The third-order valence-corrected chi connectivity index (χ3v) is 4.70. The number of rotatable bonds is 4. The van der Waals surface area contributed by atoms with Crippen LogP contribution in [0.25, 0.3) is 0 Å². The number of nitrogens with zero attached hydrogens (tertiary/aromatic N) is 1. The molecule has 0 fully saturated rings. The Morgan fingerprint density at radius 3 is 2.57 bits per heavy atom. The van der Waals surface area contributed by atoms with Crippen molar-refractivity contribution in [3.05, 3.63) is 46.2 Å². The summed E-state index contributed by atoms with van der Waals surface area (Å²) in [5, 5.41) is 0.111. The van der Waals surface area contributed by atoms with Gasteiger partial charge in [-0.3, -0.25) is 4.72 Å². The van der Waals surface area contributed by atoms with E-state index in [2.05, 4.69) is 9.71 Å². The fourth-order valence-corrected chi connectivity index (χ4v) is 3.02. The number of aromatic nitrogens is 1. The average Bonchev–Trinajstić information content (AvgIpc) is 2.41. The van der Waals surface area contributed by atoms with E-state index in [1.807, 2.05) is 13.0 Å². The second-order valence-corrected chi connectivity index (χ2v) is 6.70. The molecule has 0 atom stereocenters. The Hall–Kier alpha value is -1.50. The Bertz CT molecular complexity index is 779. The van der Waals surface area contributed by atoms with Crippen LogP contribution in [0.4, 0.5) is 5.69 Å². The summed E-state index contributed by atoms with van der Waals surface area (Å²) in [4.78, 5) is 3.65. The largest absolute Gasteiger partial charge is 0.495 e. The van der Waals surface area contributed by atoms with Crippen LogP contribution in [0, 0.1) is 6.92 Å². The summed E-state index contributed by atoms with van der Waals surface area (Å²) < 4.78 is 32.3. The fourth-order valence-electron chi connectivity index (χ4n) is 1.66. The van der Waals surface area contributed by atoms with Crippen molar-refractivity contribution in [2.45, 2.75) is 11.8 Å².